The largest absolute Gasteiger partial charge is 0.480 e. The first-order chi connectivity index (χ1) is 13.9. The zero-order valence-electron chi connectivity index (χ0n) is 16.7. The van der Waals surface area contributed by atoms with Gasteiger partial charge in [0, 0.05) is 18.2 Å². The van der Waals surface area contributed by atoms with Gasteiger partial charge < -0.3 is 21.5 Å². The first kappa shape index (κ1) is 25.3. The SMILES string of the molecule is CSCC[C@H](NC(=O)[C@@H](CCCNC(=O)[C@@H](N)CS)Cc1ccccc1)C(=O)O. The lowest BCUT2D eigenvalue weighted by Gasteiger charge is -2.21. The van der Waals surface area contributed by atoms with Gasteiger partial charge in [-0.05, 0) is 43.3 Å². The van der Waals surface area contributed by atoms with Gasteiger partial charge in [0.25, 0.3) is 0 Å². The molecule has 3 atom stereocenters. The molecule has 2 amide bonds. The number of benzene rings is 1. The van der Waals surface area contributed by atoms with Crippen LogP contribution >= 0.6 is 24.4 Å². The fourth-order valence-electron chi connectivity index (χ4n) is 2.78. The van der Waals surface area contributed by atoms with Crippen molar-refractivity contribution in [3.63, 3.8) is 0 Å². The smallest absolute Gasteiger partial charge is 0.326 e. The molecule has 0 aliphatic carbocycles. The first-order valence-electron chi connectivity index (χ1n) is 9.59. The van der Waals surface area contributed by atoms with Gasteiger partial charge in [-0.2, -0.15) is 24.4 Å². The maximum absolute atomic E-state index is 12.8. The molecule has 29 heavy (non-hydrogen) atoms. The summed E-state index contributed by atoms with van der Waals surface area (Å²) in [5, 5.41) is 14.8. The number of thiol groups is 1. The normalized spacial score (nSPS) is 13.9. The van der Waals surface area contributed by atoms with E-state index in [9.17, 15) is 19.5 Å². The summed E-state index contributed by atoms with van der Waals surface area (Å²) in [6.07, 6.45) is 3.88. The van der Waals surface area contributed by atoms with Crippen molar-refractivity contribution in [2.45, 2.75) is 37.8 Å². The standard InChI is InChI=1S/C20H31N3O4S2/c1-29-11-9-17(20(26)27)23-18(24)15(12-14-6-3-2-4-7-14)8-5-10-22-19(25)16(21)13-28/h2-4,6-7,15-17,28H,5,8-13,21H2,1H3,(H,22,25)(H,23,24)(H,26,27)/t15-,16-,17-/m0/s1. The molecular weight excluding hydrogens is 410 g/mol. The van der Waals surface area contributed by atoms with Gasteiger partial charge in [0.1, 0.15) is 6.04 Å². The number of amides is 2. The van der Waals surface area contributed by atoms with Crippen molar-refractivity contribution in [1.29, 1.82) is 0 Å². The van der Waals surface area contributed by atoms with Crippen molar-refractivity contribution in [3.05, 3.63) is 35.9 Å². The van der Waals surface area contributed by atoms with Crippen LogP contribution in [0.1, 0.15) is 24.8 Å². The van der Waals surface area contributed by atoms with Crippen LogP contribution in [0.3, 0.4) is 0 Å². The average Bonchev–Trinajstić information content (AvgIpc) is 2.72. The third-order valence-electron chi connectivity index (χ3n) is 4.48. The van der Waals surface area contributed by atoms with Gasteiger partial charge in [0.05, 0.1) is 6.04 Å². The van der Waals surface area contributed by atoms with E-state index in [2.05, 4.69) is 23.3 Å². The molecule has 162 valence electrons. The minimum absolute atomic E-state index is 0.261. The molecule has 0 aliphatic heterocycles. The Morgan fingerprint density at radius 3 is 2.45 bits per heavy atom. The summed E-state index contributed by atoms with van der Waals surface area (Å²) in [6, 6.07) is 8.04. The molecule has 0 bridgehead atoms. The van der Waals surface area contributed by atoms with E-state index in [-0.39, 0.29) is 23.5 Å². The van der Waals surface area contributed by atoms with Crippen LogP contribution in [-0.4, -0.2) is 59.3 Å². The Morgan fingerprint density at radius 1 is 1.17 bits per heavy atom. The molecular formula is C20H31N3O4S2. The van der Waals surface area contributed by atoms with Gasteiger partial charge in [0.15, 0.2) is 0 Å². The Labute approximate surface area is 182 Å². The second-order valence-electron chi connectivity index (χ2n) is 6.79. The van der Waals surface area contributed by atoms with E-state index in [4.69, 9.17) is 5.73 Å². The lowest BCUT2D eigenvalue weighted by atomic mass is 9.93. The number of rotatable bonds is 14. The summed E-state index contributed by atoms with van der Waals surface area (Å²) in [5.41, 5.74) is 6.63. The molecule has 5 N–H and O–H groups in total. The van der Waals surface area contributed by atoms with Gasteiger partial charge in [0.2, 0.25) is 11.8 Å². The number of nitrogens with two attached hydrogens (primary N) is 1. The van der Waals surface area contributed by atoms with Crippen LogP contribution in [0.5, 0.6) is 0 Å². The van der Waals surface area contributed by atoms with Gasteiger partial charge in [-0.25, -0.2) is 4.79 Å². The zero-order chi connectivity index (χ0) is 21.6. The van der Waals surface area contributed by atoms with Gasteiger partial charge in [-0.15, -0.1) is 0 Å². The van der Waals surface area contributed by atoms with Crippen LogP contribution in [-0.2, 0) is 20.8 Å². The van der Waals surface area contributed by atoms with Crippen molar-refractivity contribution in [3.8, 4) is 0 Å². The molecule has 7 nitrogen and oxygen atoms in total. The zero-order valence-corrected chi connectivity index (χ0v) is 18.4. The van der Waals surface area contributed by atoms with E-state index in [0.717, 1.165) is 5.56 Å². The summed E-state index contributed by atoms with van der Waals surface area (Å²) in [4.78, 5) is 36.0. The predicted octanol–water partition coefficient (Wildman–Crippen LogP) is 1.32. The van der Waals surface area contributed by atoms with Crippen molar-refractivity contribution < 1.29 is 19.5 Å². The number of aliphatic carboxylic acids is 1. The summed E-state index contributed by atoms with van der Waals surface area (Å²) in [6.45, 7) is 0.397. The van der Waals surface area contributed by atoms with E-state index in [1.165, 1.54) is 11.8 Å². The predicted molar refractivity (Wildman–Crippen MR) is 120 cm³/mol. The molecule has 0 saturated carbocycles. The maximum atomic E-state index is 12.8. The van der Waals surface area contributed by atoms with Crippen LogP contribution in [0.2, 0.25) is 0 Å². The molecule has 0 aromatic heterocycles. The third kappa shape index (κ3) is 10.0. The van der Waals surface area contributed by atoms with Crippen LogP contribution in [0, 0.1) is 5.92 Å². The summed E-state index contributed by atoms with van der Waals surface area (Å²) < 4.78 is 0. The summed E-state index contributed by atoms with van der Waals surface area (Å²) in [7, 11) is 0. The monoisotopic (exact) mass is 441 g/mol. The Balaban J connectivity index is 2.70. The molecule has 1 aromatic carbocycles. The number of thioether (sulfide) groups is 1. The van der Waals surface area contributed by atoms with E-state index < -0.39 is 18.1 Å². The van der Waals surface area contributed by atoms with Crippen LogP contribution in [0.15, 0.2) is 30.3 Å². The Bertz CT molecular complexity index is 646. The van der Waals surface area contributed by atoms with Crippen LogP contribution in [0.4, 0.5) is 0 Å². The molecule has 0 spiro atoms. The average molecular weight is 442 g/mol. The molecule has 9 heteroatoms. The van der Waals surface area contributed by atoms with E-state index in [1.54, 1.807) is 0 Å². The highest BCUT2D eigenvalue weighted by molar-refractivity contribution is 7.98. The minimum Gasteiger partial charge on any atom is -0.480 e. The number of hydrogen-bond donors (Lipinski definition) is 5. The number of carbonyl (C=O) groups is 3. The lowest BCUT2D eigenvalue weighted by Crippen LogP contribution is -2.45. The molecule has 0 radical (unpaired) electrons. The fraction of sp³-hybridized carbons (Fsp3) is 0.550. The van der Waals surface area contributed by atoms with Crippen molar-refractivity contribution in [1.82, 2.24) is 10.6 Å². The second kappa shape index (κ2) is 14.3. The highest BCUT2D eigenvalue weighted by Crippen LogP contribution is 2.15. The van der Waals surface area contributed by atoms with Gasteiger partial charge in [-0.1, -0.05) is 30.3 Å². The first-order valence-corrected chi connectivity index (χ1v) is 11.6. The van der Waals surface area contributed by atoms with E-state index in [1.807, 2.05) is 36.6 Å². The summed E-state index contributed by atoms with van der Waals surface area (Å²) in [5.74, 6) is -1.05. The van der Waals surface area contributed by atoms with Crippen LogP contribution in [0.25, 0.3) is 0 Å². The van der Waals surface area contributed by atoms with Gasteiger partial charge in [-0.3, -0.25) is 9.59 Å². The molecule has 0 fully saturated rings. The number of carbonyl (C=O) groups excluding carboxylic acids is 2. The van der Waals surface area contributed by atoms with Crippen molar-refractivity contribution >= 4 is 42.2 Å². The third-order valence-corrected chi connectivity index (χ3v) is 5.52. The van der Waals surface area contributed by atoms with Crippen molar-refractivity contribution in [2.75, 3.05) is 24.3 Å². The molecule has 1 aromatic rings. The molecule has 0 aliphatic rings. The number of nitrogens with one attached hydrogen (secondary N) is 2. The van der Waals surface area contributed by atoms with E-state index >= 15 is 0 Å². The molecule has 0 heterocycles. The number of carboxylic acids is 1. The quantitative estimate of drug-likeness (QED) is 0.219. The van der Waals surface area contributed by atoms with Crippen LogP contribution < -0.4 is 16.4 Å². The van der Waals surface area contributed by atoms with E-state index in [0.29, 0.717) is 38.0 Å². The Hall–Kier alpha value is -1.71. The highest BCUT2D eigenvalue weighted by atomic mass is 32.2. The molecule has 0 saturated heterocycles. The molecule has 1 rings (SSSR count). The Morgan fingerprint density at radius 2 is 1.86 bits per heavy atom. The lowest BCUT2D eigenvalue weighted by molar-refractivity contribution is -0.142. The Kier molecular flexibility index (Phi) is 12.5. The number of carboxylic acid groups (broad SMARTS) is 1. The van der Waals surface area contributed by atoms with Crippen molar-refractivity contribution in [2.24, 2.45) is 11.7 Å². The second-order valence-corrected chi connectivity index (χ2v) is 8.14. The highest BCUT2D eigenvalue weighted by Gasteiger charge is 2.25. The maximum Gasteiger partial charge on any atom is 0.326 e. The minimum atomic E-state index is -1.03. The summed E-state index contributed by atoms with van der Waals surface area (Å²) >= 11 is 5.54. The van der Waals surface area contributed by atoms with Gasteiger partial charge >= 0.3 is 5.97 Å². The fourth-order valence-corrected chi connectivity index (χ4v) is 3.42. The topological polar surface area (TPSA) is 122 Å². The number of hydrogen-bond acceptors (Lipinski definition) is 6. The molecule has 0 unspecified atom stereocenters.